The Balaban J connectivity index is 2.00. The van der Waals surface area contributed by atoms with Crippen LogP contribution in [0, 0.1) is 13.8 Å². The minimum absolute atomic E-state index is 0.0194. The number of amides is 1. The fraction of sp³-hybridized carbons (Fsp3) is 0.467. The maximum atomic E-state index is 12.3. The van der Waals surface area contributed by atoms with Crippen molar-refractivity contribution in [3.63, 3.8) is 0 Å². The van der Waals surface area contributed by atoms with Crippen LogP contribution >= 0.6 is 11.3 Å². The summed E-state index contributed by atoms with van der Waals surface area (Å²) in [6, 6.07) is 2.07. The normalized spacial score (nSPS) is 12.4. The van der Waals surface area contributed by atoms with Gasteiger partial charge in [0.05, 0.1) is 11.3 Å². The van der Waals surface area contributed by atoms with Gasteiger partial charge >= 0.3 is 0 Å². The summed E-state index contributed by atoms with van der Waals surface area (Å²) in [4.78, 5) is 13.5. The van der Waals surface area contributed by atoms with Gasteiger partial charge in [-0.05, 0) is 38.8 Å². The van der Waals surface area contributed by atoms with Crippen molar-refractivity contribution in [1.29, 1.82) is 0 Å². The van der Waals surface area contributed by atoms with Crippen LogP contribution in [0.1, 0.15) is 46.0 Å². The first-order chi connectivity index (χ1) is 9.51. The highest BCUT2D eigenvalue weighted by molar-refractivity contribution is 7.10. The van der Waals surface area contributed by atoms with Gasteiger partial charge in [-0.25, -0.2) is 0 Å². The zero-order valence-electron chi connectivity index (χ0n) is 12.4. The molecule has 0 aliphatic carbocycles. The molecule has 0 aliphatic heterocycles. The molecule has 5 heteroatoms. The molecule has 1 atom stereocenters. The van der Waals surface area contributed by atoms with Crippen molar-refractivity contribution in [2.24, 2.45) is 0 Å². The number of aromatic nitrogens is 2. The van der Waals surface area contributed by atoms with Crippen LogP contribution in [0.2, 0.25) is 0 Å². The maximum Gasteiger partial charge on any atom is 0.252 e. The number of aromatic amines is 1. The van der Waals surface area contributed by atoms with Gasteiger partial charge in [0, 0.05) is 28.4 Å². The van der Waals surface area contributed by atoms with Crippen molar-refractivity contribution < 1.29 is 4.79 Å². The second-order valence-electron chi connectivity index (χ2n) is 5.16. The average Bonchev–Trinajstić information content (AvgIpc) is 2.95. The number of carbonyl (C=O) groups excluding carboxylic acids is 1. The monoisotopic (exact) mass is 291 g/mol. The number of aryl methyl sites for hydroxylation is 2. The van der Waals surface area contributed by atoms with Crippen molar-refractivity contribution >= 4 is 17.2 Å². The number of H-pyrrole nitrogens is 1. The molecular weight excluding hydrogens is 270 g/mol. The first-order valence-electron chi connectivity index (χ1n) is 6.90. The maximum absolute atomic E-state index is 12.3. The minimum Gasteiger partial charge on any atom is -0.349 e. The predicted molar refractivity (Wildman–Crippen MR) is 82.4 cm³/mol. The summed E-state index contributed by atoms with van der Waals surface area (Å²) in [5, 5.41) is 12.1. The number of nitrogens with one attached hydrogen (secondary N) is 2. The molecule has 0 aromatic carbocycles. The van der Waals surface area contributed by atoms with Crippen LogP contribution in [0.3, 0.4) is 0 Å². The van der Waals surface area contributed by atoms with E-state index in [1.165, 1.54) is 4.88 Å². The number of rotatable bonds is 5. The number of carbonyl (C=O) groups is 1. The molecule has 2 heterocycles. The third-order valence-electron chi connectivity index (χ3n) is 3.35. The highest BCUT2D eigenvalue weighted by Gasteiger charge is 2.16. The lowest BCUT2D eigenvalue weighted by atomic mass is 10.1. The van der Waals surface area contributed by atoms with E-state index in [1.807, 2.05) is 25.3 Å². The molecule has 4 nitrogen and oxygen atoms in total. The van der Waals surface area contributed by atoms with Crippen molar-refractivity contribution in [3.05, 3.63) is 38.8 Å². The molecule has 2 aromatic rings. The molecule has 0 saturated carbocycles. The fourth-order valence-corrected chi connectivity index (χ4v) is 3.29. The molecule has 2 rings (SSSR count). The Morgan fingerprint density at radius 2 is 2.25 bits per heavy atom. The molecule has 2 N–H and O–H groups in total. The number of hydrogen-bond donors (Lipinski definition) is 2. The van der Waals surface area contributed by atoms with Crippen LogP contribution in [0.5, 0.6) is 0 Å². The van der Waals surface area contributed by atoms with Gasteiger partial charge in [0.25, 0.3) is 5.91 Å². The molecule has 2 aromatic heterocycles. The first-order valence-corrected chi connectivity index (χ1v) is 7.78. The predicted octanol–water partition coefficient (Wildman–Crippen LogP) is 3.01. The third-order valence-corrected chi connectivity index (χ3v) is 4.31. The van der Waals surface area contributed by atoms with E-state index in [9.17, 15) is 4.79 Å². The fourth-order valence-electron chi connectivity index (χ4n) is 2.35. The van der Waals surface area contributed by atoms with Gasteiger partial charge in [0.2, 0.25) is 0 Å². The Morgan fingerprint density at radius 1 is 1.50 bits per heavy atom. The largest absolute Gasteiger partial charge is 0.349 e. The Kier molecular flexibility index (Phi) is 4.60. The van der Waals surface area contributed by atoms with Crippen molar-refractivity contribution in [3.8, 4) is 0 Å². The molecule has 0 saturated heterocycles. The Labute approximate surface area is 123 Å². The van der Waals surface area contributed by atoms with Crippen molar-refractivity contribution in [2.45, 2.75) is 46.6 Å². The van der Waals surface area contributed by atoms with E-state index in [2.05, 4.69) is 29.4 Å². The van der Waals surface area contributed by atoms with Gasteiger partial charge in [-0.3, -0.25) is 9.89 Å². The van der Waals surface area contributed by atoms with Crippen molar-refractivity contribution in [2.75, 3.05) is 0 Å². The van der Waals surface area contributed by atoms with E-state index in [0.29, 0.717) is 0 Å². The standard InChI is InChI=1S/C15H21N3OS/c1-5-13-11(4)20-8-14(13)15(19)16-9(2)6-12-7-10(3)17-18-12/h7-9H,5-6H2,1-4H3,(H,16,19)(H,17,18)/t9-/m1/s1. The van der Waals surface area contributed by atoms with Gasteiger partial charge in [-0.2, -0.15) is 5.10 Å². The lowest BCUT2D eigenvalue weighted by Crippen LogP contribution is -2.34. The van der Waals surface area contributed by atoms with E-state index in [4.69, 9.17) is 0 Å². The Morgan fingerprint density at radius 3 is 2.85 bits per heavy atom. The minimum atomic E-state index is 0.0194. The van der Waals surface area contributed by atoms with Crippen LogP contribution in [-0.4, -0.2) is 22.1 Å². The summed E-state index contributed by atoms with van der Waals surface area (Å²) in [5.74, 6) is 0.0194. The van der Waals surface area contributed by atoms with Crippen LogP contribution < -0.4 is 5.32 Å². The van der Waals surface area contributed by atoms with Crippen LogP contribution in [0.15, 0.2) is 11.4 Å². The molecule has 0 radical (unpaired) electrons. The lowest BCUT2D eigenvalue weighted by Gasteiger charge is -2.13. The van der Waals surface area contributed by atoms with E-state index < -0.39 is 0 Å². The zero-order chi connectivity index (χ0) is 14.7. The molecule has 20 heavy (non-hydrogen) atoms. The summed E-state index contributed by atoms with van der Waals surface area (Å²) in [5.41, 5.74) is 4.00. The SMILES string of the molecule is CCc1c(C(=O)N[C@H](C)Cc2cc(C)[nH]n2)csc1C. The first kappa shape index (κ1) is 14.8. The Bertz CT molecular complexity index is 600. The summed E-state index contributed by atoms with van der Waals surface area (Å²) in [6.07, 6.45) is 1.63. The molecule has 0 fully saturated rings. The van der Waals surface area contributed by atoms with E-state index in [0.717, 1.165) is 35.4 Å². The topological polar surface area (TPSA) is 57.8 Å². The lowest BCUT2D eigenvalue weighted by molar-refractivity contribution is 0.0939. The van der Waals surface area contributed by atoms with Gasteiger partial charge in [-0.1, -0.05) is 6.92 Å². The summed E-state index contributed by atoms with van der Waals surface area (Å²) >= 11 is 1.64. The molecule has 1 amide bonds. The van der Waals surface area contributed by atoms with Gasteiger partial charge in [-0.15, -0.1) is 11.3 Å². The van der Waals surface area contributed by atoms with Gasteiger partial charge in [0.15, 0.2) is 0 Å². The zero-order valence-corrected chi connectivity index (χ0v) is 13.2. The highest BCUT2D eigenvalue weighted by Crippen LogP contribution is 2.22. The summed E-state index contributed by atoms with van der Waals surface area (Å²) in [7, 11) is 0. The number of thiophene rings is 1. The van der Waals surface area contributed by atoms with Gasteiger partial charge < -0.3 is 5.32 Å². The van der Waals surface area contributed by atoms with E-state index in [-0.39, 0.29) is 11.9 Å². The van der Waals surface area contributed by atoms with Crippen molar-refractivity contribution in [1.82, 2.24) is 15.5 Å². The molecular formula is C15H21N3OS. The third kappa shape index (κ3) is 3.28. The quantitative estimate of drug-likeness (QED) is 0.889. The summed E-state index contributed by atoms with van der Waals surface area (Å²) < 4.78 is 0. The second kappa shape index (κ2) is 6.22. The molecule has 0 bridgehead atoms. The van der Waals surface area contributed by atoms with E-state index >= 15 is 0 Å². The van der Waals surface area contributed by atoms with Gasteiger partial charge in [0.1, 0.15) is 0 Å². The van der Waals surface area contributed by atoms with Crippen LogP contribution in [0.4, 0.5) is 0 Å². The number of nitrogens with zero attached hydrogens (tertiary/aromatic N) is 1. The molecule has 108 valence electrons. The van der Waals surface area contributed by atoms with Crippen LogP contribution in [-0.2, 0) is 12.8 Å². The average molecular weight is 291 g/mol. The Hall–Kier alpha value is -1.62. The highest BCUT2D eigenvalue weighted by atomic mass is 32.1. The smallest absolute Gasteiger partial charge is 0.252 e. The van der Waals surface area contributed by atoms with Crippen LogP contribution in [0.25, 0.3) is 0 Å². The number of hydrogen-bond acceptors (Lipinski definition) is 3. The molecule has 0 unspecified atom stereocenters. The molecule has 0 aliphatic rings. The molecule has 0 spiro atoms. The second-order valence-corrected chi connectivity index (χ2v) is 6.24. The summed E-state index contributed by atoms with van der Waals surface area (Å²) in [6.45, 7) is 8.13. The van der Waals surface area contributed by atoms with E-state index in [1.54, 1.807) is 11.3 Å².